The Morgan fingerprint density at radius 3 is 2.59 bits per heavy atom. The average Bonchev–Trinajstić information content (AvgIpc) is 2.94. The van der Waals surface area contributed by atoms with Crippen molar-refractivity contribution >= 4 is 27.3 Å². The Labute approximate surface area is 132 Å². The van der Waals surface area contributed by atoms with Crippen molar-refractivity contribution in [1.82, 2.24) is 15.5 Å². The Hall–Kier alpha value is -1.93. The zero-order valence-corrected chi connectivity index (χ0v) is 13.5. The summed E-state index contributed by atoms with van der Waals surface area (Å²) in [6, 6.07) is 6.71. The number of rotatable bonds is 5. The standard InChI is InChI=1S/C13H14ClN3O4S/c1-8(13(18)15-2)22(19,20)7-11-16-12(17-21-11)9-3-5-10(14)6-4-9/h3-6,8H,7H2,1-2H3,(H,15,18)/t8-/m0/s1. The third-order valence-corrected chi connectivity index (χ3v) is 5.24. The van der Waals surface area contributed by atoms with E-state index in [0.717, 1.165) is 0 Å². The Morgan fingerprint density at radius 2 is 2.00 bits per heavy atom. The molecule has 1 aromatic carbocycles. The maximum atomic E-state index is 12.1. The molecular formula is C13H14ClN3O4S. The van der Waals surface area contributed by atoms with Crippen LogP contribution in [-0.4, -0.2) is 36.8 Å². The van der Waals surface area contributed by atoms with Crippen LogP contribution in [0.4, 0.5) is 0 Å². The summed E-state index contributed by atoms with van der Waals surface area (Å²) in [4.78, 5) is 15.5. The molecule has 0 unspecified atom stereocenters. The van der Waals surface area contributed by atoms with Crippen molar-refractivity contribution < 1.29 is 17.7 Å². The van der Waals surface area contributed by atoms with Gasteiger partial charge in [-0.05, 0) is 31.2 Å². The van der Waals surface area contributed by atoms with E-state index >= 15 is 0 Å². The zero-order valence-electron chi connectivity index (χ0n) is 11.9. The summed E-state index contributed by atoms with van der Waals surface area (Å²) in [5.41, 5.74) is 0.649. The molecule has 7 nitrogen and oxygen atoms in total. The van der Waals surface area contributed by atoms with Gasteiger partial charge in [-0.15, -0.1) is 0 Å². The quantitative estimate of drug-likeness (QED) is 0.881. The molecule has 9 heteroatoms. The maximum Gasteiger partial charge on any atom is 0.242 e. The molecular weight excluding hydrogens is 330 g/mol. The molecule has 0 aliphatic rings. The fourth-order valence-corrected chi connectivity index (χ4v) is 2.97. The van der Waals surface area contributed by atoms with Gasteiger partial charge >= 0.3 is 0 Å². The maximum absolute atomic E-state index is 12.1. The number of nitrogens with zero attached hydrogens (tertiary/aromatic N) is 2. The molecule has 0 saturated carbocycles. The monoisotopic (exact) mass is 343 g/mol. The number of hydrogen-bond acceptors (Lipinski definition) is 6. The number of benzene rings is 1. The minimum absolute atomic E-state index is 0.0688. The molecule has 2 aromatic rings. The van der Waals surface area contributed by atoms with Crippen LogP contribution in [0.15, 0.2) is 28.8 Å². The van der Waals surface area contributed by atoms with Crippen LogP contribution in [0.3, 0.4) is 0 Å². The average molecular weight is 344 g/mol. The summed E-state index contributed by atoms with van der Waals surface area (Å²) in [7, 11) is -2.35. The van der Waals surface area contributed by atoms with E-state index in [1.54, 1.807) is 24.3 Å². The second-order valence-electron chi connectivity index (χ2n) is 4.58. The topological polar surface area (TPSA) is 102 Å². The van der Waals surface area contributed by atoms with Crippen molar-refractivity contribution in [2.24, 2.45) is 0 Å². The fraction of sp³-hybridized carbons (Fsp3) is 0.308. The lowest BCUT2D eigenvalue weighted by Crippen LogP contribution is -2.36. The molecule has 1 amide bonds. The molecule has 0 aliphatic heterocycles. The number of carbonyl (C=O) groups is 1. The highest BCUT2D eigenvalue weighted by Gasteiger charge is 2.29. The lowest BCUT2D eigenvalue weighted by atomic mass is 10.2. The van der Waals surface area contributed by atoms with Gasteiger partial charge in [0.2, 0.25) is 17.6 Å². The number of nitrogens with one attached hydrogen (secondary N) is 1. The molecule has 1 heterocycles. The molecule has 0 spiro atoms. The summed E-state index contributed by atoms with van der Waals surface area (Å²) in [6.45, 7) is 1.31. The van der Waals surface area contributed by atoms with Crippen LogP contribution in [0.1, 0.15) is 12.8 Å². The Morgan fingerprint density at radius 1 is 1.36 bits per heavy atom. The summed E-state index contributed by atoms with van der Waals surface area (Å²) < 4.78 is 29.1. The van der Waals surface area contributed by atoms with Crippen LogP contribution in [0.25, 0.3) is 11.4 Å². The molecule has 1 atom stereocenters. The molecule has 118 valence electrons. The Kier molecular flexibility index (Phi) is 4.82. The van der Waals surface area contributed by atoms with E-state index in [4.69, 9.17) is 16.1 Å². The SMILES string of the molecule is CNC(=O)[C@H](C)S(=O)(=O)Cc1nc(-c2ccc(Cl)cc2)no1. The van der Waals surface area contributed by atoms with Gasteiger partial charge in [-0.2, -0.15) is 4.98 Å². The van der Waals surface area contributed by atoms with Crippen molar-refractivity contribution in [2.75, 3.05) is 7.05 Å². The van der Waals surface area contributed by atoms with E-state index in [-0.39, 0.29) is 11.7 Å². The normalized spacial score (nSPS) is 12.9. The molecule has 0 saturated heterocycles. The Bertz CT molecular complexity index is 771. The van der Waals surface area contributed by atoms with Gasteiger partial charge in [-0.25, -0.2) is 8.42 Å². The molecule has 1 N–H and O–H groups in total. The zero-order chi connectivity index (χ0) is 16.3. The lowest BCUT2D eigenvalue weighted by molar-refractivity contribution is -0.119. The van der Waals surface area contributed by atoms with E-state index in [1.807, 2.05) is 0 Å². The Balaban J connectivity index is 2.18. The third-order valence-electron chi connectivity index (χ3n) is 3.05. The summed E-state index contributed by atoms with van der Waals surface area (Å²) >= 11 is 5.79. The van der Waals surface area contributed by atoms with Crippen LogP contribution in [0.5, 0.6) is 0 Å². The lowest BCUT2D eigenvalue weighted by Gasteiger charge is -2.09. The number of sulfone groups is 1. The molecule has 1 aromatic heterocycles. The molecule has 0 fully saturated rings. The van der Waals surface area contributed by atoms with Crippen LogP contribution >= 0.6 is 11.6 Å². The number of hydrogen-bond donors (Lipinski definition) is 1. The molecule has 2 rings (SSSR count). The van der Waals surface area contributed by atoms with Gasteiger partial charge < -0.3 is 9.84 Å². The van der Waals surface area contributed by atoms with Gasteiger partial charge in [0.15, 0.2) is 9.84 Å². The van der Waals surface area contributed by atoms with E-state index < -0.39 is 26.7 Å². The van der Waals surface area contributed by atoms with Gasteiger partial charge in [-0.1, -0.05) is 16.8 Å². The van der Waals surface area contributed by atoms with Gasteiger partial charge in [0.25, 0.3) is 0 Å². The van der Waals surface area contributed by atoms with Crippen LogP contribution < -0.4 is 5.32 Å². The molecule has 22 heavy (non-hydrogen) atoms. The second kappa shape index (κ2) is 6.45. The van der Waals surface area contributed by atoms with Crippen molar-refractivity contribution in [3.63, 3.8) is 0 Å². The minimum atomic E-state index is -3.73. The second-order valence-corrected chi connectivity index (χ2v) is 7.34. The summed E-state index contributed by atoms with van der Waals surface area (Å²) in [5.74, 6) is -0.894. The van der Waals surface area contributed by atoms with Gasteiger partial charge in [0, 0.05) is 17.6 Å². The van der Waals surface area contributed by atoms with E-state index in [0.29, 0.717) is 10.6 Å². The molecule has 0 radical (unpaired) electrons. The highest BCUT2D eigenvalue weighted by Crippen LogP contribution is 2.19. The van der Waals surface area contributed by atoms with Crippen LogP contribution in [0, 0.1) is 0 Å². The van der Waals surface area contributed by atoms with Crippen LogP contribution in [-0.2, 0) is 20.4 Å². The first-order valence-corrected chi connectivity index (χ1v) is 8.44. The predicted molar refractivity (Wildman–Crippen MR) is 80.9 cm³/mol. The smallest absolute Gasteiger partial charge is 0.242 e. The molecule has 0 bridgehead atoms. The van der Waals surface area contributed by atoms with E-state index in [2.05, 4.69) is 15.5 Å². The van der Waals surface area contributed by atoms with Crippen molar-refractivity contribution in [3.8, 4) is 11.4 Å². The van der Waals surface area contributed by atoms with Crippen molar-refractivity contribution in [2.45, 2.75) is 17.9 Å². The largest absolute Gasteiger partial charge is 0.358 e. The first-order valence-electron chi connectivity index (χ1n) is 6.35. The number of halogens is 1. The predicted octanol–water partition coefficient (Wildman–Crippen LogP) is 1.44. The van der Waals surface area contributed by atoms with Crippen molar-refractivity contribution in [3.05, 3.63) is 35.2 Å². The highest BCUT2D eigenvalue weighted by molar-refractivity contribution is 7.92. The van der Waals surface area contributed by atoms with E-state index in [1.165, 1.54) is 14.0 Å². The first kappa shape index (κ1) is 16.4. The number of aromatic nitrogens is 2. The molecule has 0 aliphatic carbocycles. The van der Waals surface area contributed by atoms with Crippen LogP contribution in [0.2, 0.25) is 5.02 Å². The van der Waals surface area contributed by atoms with Gasteiger partial charge in [-0.3, -0.25) is 4.79 Å². The summed E-state index contributed by atoms with van der Waals surface area (Å²) in [6.07, 6.45) is 0. The summed E-state index contributed by atoms with van der Waals surface area (Å²) in [5, 5.41) is 5.40. The van der Waals surface area contributed by atoms with Gasteiger partial charge in [0.05, 0.1) is 0 Å². The first-order chi connectivity index (χ1) is 10.3. The third kappa shape index (κ3) is 3.63. The van der Waals surface area contributed by atoms with E-state index in [9.17, 15) is 13.2 Å². The van der Waals surface area contributed by atoms with Crippen molar-refractivity contribution in [1.29, 1.82) is 0 Å². The minimum Gasteiger partial charge on any atom is -0.358 e. The highest BCUT2D eigenvalue weighted by atomic mass is 35.5. The fourth-order valence-electron chi connectivity index (χ4n) is 1.69. The number of carbonyl (C=O) groups excluding carboxylic acids is 1. The van der Waals surface area contributed by atoms with Gasteiger partial charge in [0.1, 0.15) is 11.0 Å². The number of amides is 1.